The summed E-state index contributed by atoms with van der Waals surface area (Å²) in [4.78, 5) is 23.8. The Morgan fingerprint density at radius 1 is 1.22 bits per heavy atom. The summed E-state index contributed by atoms with van der Waals surface area (Å²) in [5, 5.41) is 4.42. The Morgan fingerprint density at radius 2 is 1.96 bits per heavy atom. The first-order valence-corrected chi connectivity index (χ1v) is 7.99. The number of halogens is 1. The van der Waals surface area contributed by atoms with Gasteiger partial charge >= 0.3 is 4.87 Å². The van der Waals surface area contributed by atoms with Crippen molar-refractivity contribution in [1.82, 2.24) is 9.99 Å². The summed E-state index contributed by atoms with van der Waals surface area (Å²) in [5.74, 6) is -0.376. The van der Waals surface area contributed by atoms with Crippen LogP contribution in [0.2, 0.25) is 5.02 Å². The van der Waals surface area contributed by atoms with Crippen LogP contribution >= 0.6 is 22.9 Å². The summed E-state index contributed by atoms with van der Waals surface area (Å²) in [6.45, 7) is -0.0806. The molecule has 3 rings (SSSR count). The number of fused-ring (bicyclic) bond motifs is 1. The SMILES string of the molecule is O=C(Cn1c(=O)sc2ccccc21)N/N=C/c1ccccc1Cl. The van der Waals surface area contributed by atoms with Gasteiger partial charge in [-0.25, -0.2) is 5.43 Å². The molecule has 0 radical (unpaired) electrons. The summed E-state index contributed by atoms with van der Waals surface area (Å²) in [7, 11) is 0. The summed E-state index contributed by atoms with van der Waals surface area (Å²) in [5.41, 5.74) is 3.85. The maximum atomic E-state index is 12.0. The number of nitrogens with one attached hydrogen (secondary N) is 1. The van der Waals surface area contributed by atoms with E-state index in [1.54, 1.807) is 12.1 Å². The van der Waals surface area contributed by atoms with Crippen LogP contribution in [0.15, 0.2) is 58.4 Å². The minimum atomic E-state index is -0.376. The van der Waals surface area contributed by atoms with E-state index in [0.717, 1.165) is 21.6 Å². The highest BCUT2D eigenvalue weighted by atomic mass is 35.5. The van der Waals surface area contributed by atoms with Crippen molar-refractivity contribution >= 4 is 45.3 Å². The number of aromatic nitrogens is 1. The lowest BCUT2D eigenvalue weighted by Crippen LogP contribution is -2.27. The first-order valence-electron chi connectivity index (χ1n) is 6.80. The predicted octanol–water partition coefficient (Wildman–Crippen LogP) is 2.87. The van der Waals surface area contributed by atoms with E-state index in [0.29, 0.717) is 10.6 Å². The normalized spacial score (nSPS) is 11.2. The summed E-state index contributed by atoms with van der Waals surface area (Å²) >= 11 is 7.11. The Hall–Kier alpha value is -2.44. The molecule has 0 spiro atoms. The minimum absolute atomic E-state index is 0.0806. The highest BCUT2D eigenvalue weighted by Gasteiger charge is 2.10. The largest absolute Gasteiger partial charge is 0.308 e. The first-order chi connectivity index (χ1) is 11.1. The van der Waals surface area contributed by atoms with E-state index in [4.69, 9.17) is 11.6 Å². The molecule has 1 N–H and O–H groups in total. The van der Waals surface area contributed by atoms with Crippen LogP contribution in [-0.4, -0.2) is 16.7 Å². The third kappa shape index (κ3) is 3.49. The van der Waals surface area contributed by atoms with Crippen LogP contribution in [0, 0.1) is 0 Å². The molecule has 0 atom stereocenters. The van der Waals surface area contributed by atoms with Crippen LogP contribution < -0.4 is 10.3 Å². The second-order valence-electron chi connectivity index (χ2n) is 4.74. The van der Waals surface area contributed by atoms with E-state index in [1.807, 2.05) is 36.4 Å². The Bertz CT molecular complexity index is 946. The summed E-state index contributed by atoms with van der Waals surface area (Å²) < 4.78 is 2.28. The van der Waals surface area contributed by atoms with Crippen molar-refractivity contribution in [3.63, 3.8) is 0 Å². The lowest BCUT2D eigenvalue weighted by atomic mass is 10.2. The van der Waals surface area contributed by atoms with E-state index in [9.17, 15) is 9.59 Å². The zero-order valence-electron chi connectivity index (χ0n) is 11.9. The maximum absolute atomic E-state index is 12.0. The van der Waals surface area contributed by atoms with E-state index in [2.05, 4.69) is 10.5 Å². The Labute approximate surface area is 140 Å². The van der Waals surface area contributed by atoms with Crippen LogP contribution in [0.5, 0.6) is 0 Å². The molecule has 0 bridgehead atoms. The highest BCUT2D eigenvalue weighted by molar-refractivity contribution is 7.16. The molecule has 23 heavy (non-hydrogen) atoms. The number of hydrogen-bond acceptors (Lipinski definition) is 4. The average Bonchev–Trinajstić information content (AvgIpc) is 2.85. The lowest BCUT2D eigenvalue weighted by molar-refractivity contribution is -0.121. The number of benzene rings is 2. The molecular formula is C16H12ClN3O2S. The fourth-order valence-electron chi connectivity index (χ4n) is 2.10. The standard InChI is InChI=1S/C16H12ClN3O2S/c17-12-6-2-1-5-11(12)9-18-19-15(21)10-20-13-7-3-4-8-14(13)23-16(20)22/h1-9H,10H2,(H,19,21)/b18-9+. The number of carbonyl (C=O) groups is 1. The molecule has 1 aromatic heterocycles. The van der Waals surface area contributed by atoms with Gasteiger partial charge in [-0.05, 0) is 18.2 Å². The summed E-state index contributed by atoms with van der Waals surface area (Å²) in [6.07, 6.45) is 1.47. The smallest absolute Gasteiger partial charge is 0.289 e. The Kier molecular flexibility index (Phi) is 4.55. The molecule has 3 aromatic rings. The molecule has 0 saturated heterocycles. The lowest BCUT2D eigenvalue weighted by Gasteiger charge is -2.02. The molecule has 5 nitrogen and oxygen atoms in total. The van der Waals surface area contributed by atoms with Gasteiger partial charge in [-0.1, -0.05) is 53.3 Å². The van der Waals surface area contributed by atoms with Gasteiger partial charge in [-0.15, -0.1) is 0 Å². The van der Waals surface area contributed by atoms with E-state index >= 15 is 0 Å². The summed E-state index contributed by atoms with van der Waals surface area (Å²) in [6, 6.07) is 14.5. The van der Waals surface area contributed by atoms with Gasteiger partial charge in [0.15, 0.2) is 0 Å². The molecule has 0 aliphatic heterocycles. The number of rotatable bonds is 4. The Balaban J connectivity index is 1.71. The van der Waals surface area contributed by atoms with Crippen LogP contribution in [0.25, 0.3) is 10.2 Å². The number of hydrogen-bond donors (Lipinski definition) is 1. The zero-order chi connectivity index (χ0) is 16.2. The molecule has 0 saturated carbocycles. The second kappa shape index (κ2) is 6.76. The van der Waals surface area contributed by atoms with Crippen LogP contribution in [0.1, 0.15) is 5.56 Å². The predicted molar refractivity (Wildman–Crippen MR) is 93.3 cm³/mol. The van der Waals surface area contributed by atoms with Crippen molar-refractivity contribution in [3.8, 4) is 0 Å². The molecule has 1 heterocycles. The van der Waals surface area contributed by atoms with Crippen LogP contribution in [0.4, 0.5) is 0 Å². The van der Waals surface area contributed by atoms with Crippen molar-refractivity contribution in [1.29, 1.82) is 0 Å². The molecule has 116 valence electrons. The van der Waals surface area contributed by atoms with Crippen molar-refractivity contribution in [2.45, 2.75) is 6.54 Å². The highest BCUT2D eigenvalue weighted by Crippen LogP contribution is 2.16. The molecule has 0 aliphatic carbocycles. The molecule has 1 amide bonds. The Morgan fingerprint density at radius 3 is 2.78 bits per heavy atom. The van der Waals surface area contributed by atoms with Gasteiger partial charge < -0.3 is 0 Å². The number of para-hydroxylation sites is 1. The van der Waals surface area contributed by atoms with Gasteiger partial charge in [0.05, 0.1) is 16.4 Å². The van der Waals surface area contributed by atoms with E-state index in [1.165, 1.54) is 10.8 Å². The van der Waals surface area contributed by atoms with Gasteiger partial charge in [0.25, 0.3) is 5.91 Å². The van der Waals surface area contributed by atoms with Gasteiger partial charge in [0, 0.05) is 10.6 Å². The maximum Gasteiger partial charge on any atom is 0.308 e. The number of hydrazone groups is 1. The number of nitrogens with zero attached hydrogens (tertiary/aromatic N) is 2. The zero-order valence-corrected chi connectivity index (χ0v) is 13.5. The second-order valence-corrected chi connectivity index (χ2v) is 6.14. The topological polar surface area (TPSA) is 63.5 Å². The van der Waals surface area contributed by atoms with Crippen LogP contribution in [-0.2, 0) is 11.3 Å². The first kappa shape index (κ1) is 15.5. The molecule has 0 fully saturated rings. The van der Waals surface area contributed by atoms with E-state index in [-0.39, 0.29) is 17.3 Å². The molecule has 2 aromatic carbocycles. The van der Waals surface area contributed by atoms with Crippen LogP contribution in [0.3, 0.4) is 0 Å². The number of amides is 1. The van der Waals surface area contributed by atoms with Crippen molar-refractivity contribution < 1.29 is 4.79 Å². The molecular weight excluding hydrogens is 334 g/mol. The third-order valence-electron chi connectivity index (χ3n) is 3.17. The fraction of sp³-hybridized carbons (Fsp3) is 0.0625. The quantitative estimate of drug-likeness (QED) is 0.583. The fourth-order valence-corrected chi connectivity index (χ4v) is 3.17. The molecule has 0 unspecified atom stereocenters. The number of thiazole rings is 1. The van der Waals surface area contributed by atoms with Crippen molar-refractivity contribution in [3.05, 3.63) is 68.8 Å². The third-order valence-corrected chi connectivity index (χ3v) is 4.48. The van der Waals surface area contributed by atoms with Gasteiger partial charge in [-0.2, -0.15) is 5.10 Å². The average molecular weight is 346 g/mol. The van der Waals surface area contributed by atoms with Gasteiger partial charge in [0.1, 0.15) is 6.54 Å². The van der Waals surface area contributed by atoms with Gasteiger partial charge in [0.2, 0.25) is 0 Å². The molecule has 7 heteroatoms. The van der Waals surface area contributed by atoms with Crippen molar-refractivity contribution in [2.75, 3.05) is 0 Å². The van der Waals surface area contributed by atoms with Gasteiger partial charge in [-0.3, -0.25) is 14.2 Å². The van der Waals surface area contributed by atoms with E-state index < -0.39 is 0 Å². The molecule has 0 aliphatic rings. The van der Waals surface area contributed by atoms with Crippen molar-refractivity contribution in [2.24, 2.45) is 5.10 Å². The minimum Gasteiger partial charge on any atom is -0.289 e. The monoisotopic (exact) mass is 345 g/mol. The number of carbonyl (C=O) groups excluding carboxylic acids is 1.